The van der Waals surface area contributed by atoms with Crippen LogP contribution >= 0.6 is 11.3 Å². The number of methoxy groups -OCH3 is 1. The highest BCUT2D eigenvalue weighted by molar-refractivity contribution is 7.17. The Morgan fingerprint density at radius 2 is 1.72 bits per heavy atom. The molecule has 1 saturated heterocycles. The maximum Gasteiger partial charge on any atom is 0.265 e. The van der Waals surface area contributed by atoms with Crippen molar-refractivity contribution in [3.63, 3.8) is 0 Å². The molecular formula is C23H25N3O2S. The van der Waals surface area contributed by atoms with Crippen LogP contribution in [0.15, 0.2) is 54.6 Å². The van der Waals surface area contributed by atoms with Crippen molar-refractivity contribution in [3.8, 4) is 16.3 Å². The average Bonchev–Trinajstić information content (AvgIpc) is 3.16. The smallest absolute Gasteiger partial charge is 0.265 e. The Morgan fingerprint density at radius 3 is 2.38 bits per heavy atom. The third-order valence-corrected chi connectivity index (χ3v) is 6.43. The Hall–Kier alpha value is -2.70. The summed E-state index contributed by atoms with van der Waals surface area (Å²) < 4.78 is 5.22. The molecule has 2 heterocycles. The largest absolute Gasteiger partial charge is 0.497 e. The number of hydrogen-bond acceptors (Lipinski definition) is 5. The molecule has 1 aromatic heterocycles. The lowest BCUT2D eigenvalue weighted by atomic mass is 10.2. The average molecular weight is 408 g/mol. The number of benzene rings is 2. The van der Waals surface area contributed by atoms with Crippen LogP contribution in [0.3, 0.4) is 0 Å². The molecule has 0 radical (unpaired) electrons. The van der Waals surface area contributed by atoms with Gasteiger partial charge >= 0.3 is 0 Å². The molecule has 0 N–H and O–H groups in total. The van der Waals surface area contributed by atoms with Gasteiger partial charge in [0.25, 0.3) is 5.91 Å². The van der Waals surface area contributed by atoms with Crippen molar-refractivity contribution >= 4 is 17.2 Å². The van der Waals surface area contributed by atoms with Crippen molar-refractivity contribution in [2.45, 2.75) is 13.5 Å². The summed E-state index contributed by atoms with van der Waals surface area (Å²) in [5, 5.41) is 0.871. The summed E-state index contributed by atoms with van der Waals surface area (Å²) in [7, 11) is 1.65. The van der Waals surface area contributed by atoms with E-state index in [1.54, 1.807) is 7.11 Å². The van der Waals surface area contributed by atoms with E-state index in [9.17, 15) is 4.79 Å². The Morgan fingerprint density at radius 1 is 1.03 bits per heavy atom. The number of carbonyl (C=O) groups is 1. The van der Waals surface area contributed by atoms with E-state index in [1.165, 1.54) is 16.9 Å². The highest BCUT2D eigenvalue weighted by Gasteiger charge is 2.25. The van der Waals surface area contributed by atoms with Gasteiger partial charge in [0, 0.05) is 38.3 Å². The summed E-state index contributed by atoms with van der Waals surface area (Å²) in [6.45, 7) is 6.14. The molecular weight excluding hydrogens is 382 g/mol. The monoisotopic (exact) mass is 407 g/mol. The standard InChI is InChI=1S/C23H25N3O2S/c1-17-21(29-22(24-17)19-8-10-20(28-2)11-9-19)23(27)26-14-12-25(13-15-26)16-18-6-4-3-5-7-18/h3-11H,12-16H2,1-2H3. The first-order valence-electron chi connectivity index (χ1n) is 9.81. The number of carbonyl (C=O) groups excluding carboxylic acids is 1. The van der Waals surface area contributed by atoms with Crippen LogP contribution < -0.4 is 4.74 Å². The van der Waals surface area contributed by atoms with E-state index in [2.05, 4.69) is 34.1 Å². The summed E-state index contributed by atoms with van der Waals surface area (Å²) in [5.41, 5.74) is 3.12. The van der Waals surface area contributed by atoms with E-state index >= 15 is 0 Å². The maximum absolute atomic E-state index is 13.1. The van der Waals surface area contributed by atoms with Crippen molar-refractivity contribution < 1.29 is 9.53 Å². The molecule has 1 fully saturated rings. The van der Waals surface area contributed by atoms with Gasteiger partial charge < -0.3 is 9.64 Å². The van der Waals surface area contributed by atoms with E-state index in [4.69, 9.17) is 4.74 Å². The first-order valence-corrected chi connectivity index (χ1v) is 10.6. The van der Waals surface area contributed by atoms with Gasteiger partial charge in [0.05, 0.1) is 12.8 Å². The van der Waals surface area contributed by atoms with Crippen LogP contribution in [0.25, 0.3) is 10.6 Å². The summed E-state index contributed by atoms with van der Waals surface area (Å²) in [6.07, 6.45) is 0. The van der Waals surface area contributed by atoms with Crippen molar-refractivity contribution in [2.75, 3.05) is 33.3 Å². The molecule has 5 nitrogen and oxygen atoms in total. The van der Waals surface area contributed by atoms with Crippen LogP contribution in [0.5, 0.6) is 5.75 Å². The maximum atomic E-state index is 13.1. The van der Waals surface area contributed by atoms with Gasteiger partial charge in [0.2, 0.25) is 0 Å². The fraction of sp³-hybridized carbons (Fsp3) is 0.304. The van der Waals surface area contributed by atoms with Crippen LogP contribution in [0.2, 0.25) is 0 Å². The number of aromatic nitrogens is 1. The zero-order valence-corrected chi connectivity index (χ0v) is 17.6. The van der Waals surface area contributed by atoms with E-state index in [-0.39, 0.29) is 5.91 Å². The number of rotatable bonds is 5. The highest BCUT2D eigenvalue weighted by atomic mass is 32.1. The molecule has 29 heavy (non-hydrogen) atoms. The van der Waals surface area contributed by atoms with Gasteiger partial charge in [-0.2, -0.15) is 0 Å². The molecule has 4 rings (SSSR count). The lowest BCUT2D eigenvalue weighted by molar-refractivity contribution is 0.0632. The molecule has 1 aliphatic rings. The Bertz CT molecular complexity index is 962. The lowest BCUT2D eigenvalue weighted by Gasteiger charge is -2.34. The Labute approximate surface area is 175 Å². The van der Waals surface area contributed by atoms with Crippen molar-refractivity contribution in [1.29, 1.82) is 0 Å². The fourth-order valence-electron chi connectivity index (χ4n) is 3.55. The highest BCUT2D eigenvalue weighted by Crippen LogP contribution is 2.30. The van der Waals surface area contributed by atoms with Gasteiger partial charge in [0.15, 0.2) is 0 Å². The van der Waals surface area contributed by atoms with Crippen LogP contribution in [0.1, 0.15) is 20.9 Å². The van der Waals surface area contributed by atoms with E-state index < -0.39 is 0 Å². The SMILES string of the molecule is COc1ccc(-c2nc(C)c(C(=O)N3CCN(Cc4ccccc4)CC3)s2)cc1. The second kappa shape index (κ2) is 8.76. The third kappa shape index (κ3) is 4.49. The van der Waals surface area contributed by atoms with Crippen molar-refractivity contribution in [2.24, 2.45) is 0 Å². The lowest BCUT2D eigenvalue weighted by Crippen LogP contribution is -2.48. The Kier molecular flexibility index (Phi) is 5.92. The zero-order chi connectivity index (χ0) is 20.2. The van der Waals surface area contributed by atoms with Gasteiger partial charge in [-0.05, 0) is 36.8 Å². The third-order valence-electron chi connectivity index (χ3n) is 5.24. The van der Waals surface area contributed by atoms with Crippen LogP contribution in [-0.4, -0.2) is 54.0 Å². The molecule has 0 unspecified atom stereocenters. The minimum Gasteiger partial charge on any atom is -0.497 e. The number of hydrogen-bond donors (Lipinski definition) is 0. The van der Waals surface area contributed by atoms with E-state index in [1.807, 2.05) is 42.2 Å². The Balaban J connectivity index is 1.40. The minimum atomic E-state index is 0.0964. The molecule has 150 valence electrons. The quantitative estimate of drug-likeness (QED) is 0.639. The first-order chi connectivity index (χ1) is 14.1. The predicted octanol–water partition coefficient (Wildman–Crippen LogP) is 4.09. The number of nitrogens with zero attached hydrogens (tertiary/aromatic N) is 3. The van der Waals surface area contributed by atoms with Crippen LogP contribution in [0.4, 0.5) is 0 Å². The molecule has 6 heteroatoms. The van der Waals surface area contributed by atoms with Crippen LogP contribution in [-0.2, 0) is 6.54 Å². The molecule has 0 aliphatic carbocycles. The summed E-state index contributed by atoms with van der Waals surface area (Å²) in [5.74, 6) is 0.908. The van der Waals surface area contributed by atoms with E-state index in [0.717, 1.165) is 59.6 Å². The van der Waals surface area contributed by atoms with Crippen molar-refractivity contribution in [1.82, 2.24) is 14.8 Å². The van der Waals surface area contributed by atoms with Crippen LogP contribution in [0, 0.1) is 6.92 Å². The molecule has 3 aromatic rings. The molecule has 1 amide bonds. The van der Waals surface area contributed by atoms with E-state index in [0.29, 0.717) is 0 Å². The number of thiazole rings is 1. The molecule has 0 spiro atoms. The summed E-state index contributed by atoms with van der Waals surface area (Å²) in [6, 6.07) is 18.3. The number of amides is 1. The predicted molar refractivity (Wildman–Crippen MR) is 116 cm³/mol. The number of ether oxygens (including phenoxy) is 1. The topological polar surface area (TPSA) is 45.7 Å². The first kappa shape index (κ1) is 19.6. The van der Waals surface area contributed by atoms with Crippen molar-refractivity contribution in [3.05, 3.63) is 70.7 Å². The zero-order valence-electron chi connectivity index (χ0n) is 16.8. The van der Waals surface area contributed by atoms with Gasteiger partial charge in [-0.3, -0.25) is 9.69 Å². The minimum absolute atomic E-state index is 0.0964. The van der Waals surface area contributed by atoms with Gasteiger partial charge in [-0.15, -0.1) is 11.3 Å². The molecule has 0 saturated carbocycles. The van der Waals surface area contributed by atoms with Gasteiger partial charge in [-0.1, -0.05) is 30.3 Å². The molecule has 0 atom stereocenters. The summed E-state index contributed by atoms with van der Waals surface area (Å²) >= 11 is 1.47. The molecule has 2 aromatic carbocycles. The van der Waals surface area contributed by atoms with Gasteiger partial charge in [-0.25, -0.2) is 4.98 Å². The fourth-order valence-corrected chi connectivity index (χ4v) is 4.59. The normalized spacial score (nSPS) is 14.8. The molecule has 0 bridgehead atoms. The second-order valence-electron chi connectivity index (χ2n) is 7.22. The summed E-state index contributed by atoms with van der Waals surface area (Å²) in [4.78, 5) is 22.8. The van der Waals surface area contributed by atoms with Gasteiger partial charge in [0.1, 0.15) is 15.6 Å². The number of aryl methyl sites for hydroxylation is 1. The number of piperazine rings is 1. The molecule has 1 aliphatic heterocycles. The second-order valence-corrected chi connectivity index (χ2v) is 8.22.